The summed E-state index contributed by atoms with van der Waals surface area (Å²) in [7, 11) is 0. The molecule has 2 amide bonds. The fourth-order valence-corrected chi connectivity index (χ4v) is 2.75. The highest BCUT2D eigenvalue weighted by Crippen LogP contribution is 2.22. The lowest BCUT2D eigenvalue weighted by atomic mass is 10.1. The van der Waals surface area contributed by atoms with E-state index in [0.29, 0.717) is 36.1 Å². The standard InChI is InChI=1S/C20H19NO4/c1-14-8-10-15(11-9-14)20(24)25-13-5-4-12-21-18(22)16-6-2-3-7-17(16)19(21)23/h2-3,6-11H,4-5,12-13H2,1H3. The summed E-state index contributed by atoms with van der Waals surface area (Å²) in [6, 6.07) is 14.0. The lowest BCUT2D eigenvalue weighted by Gasteiger charge is -2.13. The van der Waals surface area contributed by atoms with Crippen molar-refractivity contribution < 1.29 is 19.1 Å². The number of amides is 2. The lowest BCUT2D eigenvalue weighted by Crippen LogP contribution is -2.30. The van der Waals surface area contributed by atoms with E-state index in [9.17, 15) is 14.4 Å². The van der Waals surface area contributed by atoms with Crippen molar-refractivity contribution in [2.45, 2.75) is 19.8 Å². The van der Waals surface area contributed by atoms with E-state index in [0.717, 1.165) is 5.56 Å². The highest BCUT2D eigenvalue weighted by atomic mass is 16.5. The molecule has 3 rings (SSSR count). The molecule has 25 heavy (non-hydrogen) atoms. The predicted molar refractivity (Wildman–Crippen MR) is 92.5 cm³/mol. The molecule has 2 aromatic carbocycles. The Kier molecular flexibility index (Phi) is 4.93. The average molecular weight is 337 g/mol. The maximum Gasteiger partial charge on any atom is 0.338 e. The van der Waals surface area contributed by atoms with Crippen molar-refractivity contribution in [3.63, 3.8) is 0 Å². The maximum absolute atomic E-state index is 12.2. The van der Waals surface area contributed by atoms with E-state index in [1.807, 2.05) is 19.1 Å². The monoisotopic (exact) mass is 337 g/mol. The van der Waals surface area contributed by atoms with Gasteiger partial charge in [0.1, 0.15) is 0 Å². The Morgan fingerprint density at radius 1 is 0.920 bits per heavy atom. The van der Waals surface area contributed by atoms with Crippen LogP contribution in [0.1, 0.15) is 49.5 Å². The van der Waals surface area contributed by atoms with E-state index >= 15 is 0 Å². The van der Waals surface area contributed by atoms with E-state index in [4.69, 9.17) is 4.74 Å². The molecule has 1 aliphatic heterocycles. The minimum absolute atomic E-state index is 0.253. The summed E-state index contributed by atoms with van der Waals surface area (Å²) in [6.45, 7) is 2.54. The van der Waals surface area contributed by atoms with Crippen molar-refractivity contribution in [3.8, 4) is 0 Å². The molecule has 0 bridgehead atoms. The van der Waals surface area contributed by atoms with Gasteiger partial charge >= 0.3 is 5.97 Å². The van der Waals surface area contributed by atoms with Crippen molar-refractivity contribution in [3.05, 3.63) is 70.8 Å². The first kappa shape index (κ1) is 16.9. The van der Waals surface area contributed by atoms with Crippen LogP contribution in [-0.4, -0.2) is 35.8 Å². The van der Waals surface area contributed by atoms with Crippen LogP contribution in [0.15, 0.2) is 48.5 Å². The Hall–Kier alpha value is -2.95. The fraction of sp³-hybridized carbons (Fsp3) is 0.250. The molecule has 0 unspecified atom stereocenters. The highest BCUT2D eigenvalue weighted by molar-refractivity contribution is 6.21. The molecule has 1 aliphatic rings. The zero-order chi connectivity index (χ0) is 17.8. The summed E-state index contributed by atoms with van der Waals surface area (Å²) in [5, 5.41) is 0. The van der Waals surface area contributed by atoms with Crippen molar-refractivity contribution in [2.24, 2.45) is 0 Å². The maximum atomic E-state index is 12.2. The molecule has 2 aromatic rings. The van der Waals surface area contributed by atoms with Gasteiger partial charge in [0, 0.05) is 6.54 Å². The van der Waals surface area contributed by atoms with Crippen LogP contribution in [0.4, 0.5) is 0 Å². The second kappa shape index (κ2) is 7.30. The topological polar surface area (TPSA) is 63.7 Å². The fourth-order valence-electron chi connectivity index (χ4n) is 2.75. The average Bonchev–Trinajstić information content (AvgIpc) is 2.87. The normalized spacial score (nSPS) is 13.1. The van der Waals surface area contributed by atoms with Gasteiger partial charge in [0.2, 0.25) is 0 Å². The Morgan fingerprint density at radius 3 is 2.12 bits per heavy atom. The Bertz CT molecular complexity index is 776. The molecule has 0 spiro atoms. The highest BCUT2D eigenvalue weighted by Gasteiger charge is 2.34. The second-order valence-electron chi connectivity index (χ2n) is 6.02. The van der Waals surface area contributed by atoms with Gasteiger partial charge in [-0.15, -0.1) is 0 Å². The molecule has 5 heteroatoms. The Labute approximate surface area is 146 Å². The van der Waals surface area contributed by atoms with Crippen LogP contribution in [0.5, 0.6) is 0 Å². The third-order valence-corrected chi connectivity index (χ3v) is 4.17. The van der Waals surface area contributed by atoms with Crippen LogP contribution >= 0.6 is 0 Å². The largest absolute Gasteiger partial charge is 0.462 e. The quantitative estimate of drug-likeness (QED) is 0.461. The first-order valence-electron chi connectivity index (χ1n) is 8.27. The minimum atomic E-state index is -0.360. The zero-order valence-electron chi connectivity index (χ0n) is 14.0. The van der Waals surface area contributed by atoms with Crippen molar-refractivity contribution >= 4 is 17.8 Å². The van der Waals surface area contributed by atoms with Gasteiger partial charge in [-0.1, -0.05) is 29.8 Å². The molecule has 0 N–H and O–H groups in total. The summed E-state index contributed by atoms with van der Waals surface area (Å²) < 4.78 is 5.22. The number of fused-ring (bicyclic) bond motifs is 1. The van der Waals surface area contributed by atoms with Gasteiger partial charge in [0.15, 0.2) is 0 Å². The molecule has 1 heterocycles. The van der Waals surface area contributed by atoms with Gasteiger partial charge in [0.25, 0.3) is 11.8 Å². The summed E-state index contributed by atoms with van der Waals surface area (Å²) in [5.74, 6) is -0.866. The lowest BCUT2D eigenvalue weighted by molar-refractivity contribution is 0.0485. The molecule has 128 valence electrons. The molecule has 0 aliphatic carbocycles. The summed E-state index contributed by atoms with van der Waals surface area (Å²) in [6.07, 6.45) is 1.18. The number of benzene rings is 2. The van der Waals surface area contributed by atoms with Crippen LogP contribution in [-0.2, 0) is 4.74 Å². The molecular formula is C20H19NO4. The number of unbranched alkanes of at least 4 members (excludes halogenated alkanes) is 1. The van der Waals surface area contributed by atoms with E-state index in [-0.39, 0.29) is 24.4 Å². The Balaban J connectivity index is 1.44. The van der Waals surface area contributed by atoms with Crippen LogP contribution in [0.3, 0.4) is 0 Å². The number of hydrogen-bond donors (Lipinski definition) is 0. The first-order chi connectivity index (χ1) is 12.1. The van der Waals surface area contributed by atoms with Gasteiger partial charge in [-0.25, -0.2) is 4.79 Å². The number of carbonyl (C=O) groups is 3. The van der Waals surface area contributed by atoms with Gasteiger partial charge < -0.3 is 4.74 Å². The summed E-state index contributed by atoms with van der Waals surface area (Å²) in [4.78, 5) is 37.6. The smallest absolute Gasteiger partial charge is 0.338 e. The number of carbonyl (C=O) groups excluding carboxylic acids is 3. The number of hydrogen-bond acceptors (Lipinski definition) is 4. The molecule has 0 fully saturated rings. The number of ether oxygens (including phenoxy) is 1. The number of nitrogens with zero attached hydrogens (tertiary/aromatic N) is 1. The molecule has 0 aromatic heterocycles. The molecule has 5 nitrogen and oxygen atoms in total. The van der Waals surface area contributed by atoms with E-state index in [2.05, 4.69) is 0 Å². The third kappa shape index (κ3) is 3.60. The zero-order valence-corrected chi connectivity index (χ0v) is 14.0. The van der Waals surface area contributed by atoms with E-state index in [1.54, 1.807) is 36.4 Å². The van der Waals surface area contributed by atoms with Crippen LogP contribution in [0.2, 0.25) is 0 Å². The van der Waals surface area contributed by atoms with E-state index in [1.165, 1.54) is 4.90 Å². The predicted octanol–water partition coefficient (Wildman–Crippen LogP) is 3.23. The van der Waals surface area contributed by atoms with Crippen molar-refractivity contribution in [2.75, 3.05) is 13.2 Å². The van der Waals surface area contributed by atoms with Crippen LogP contribution < -0.4 is 0 Å². The van der Waals surface area contributed by atoms with Crippen molar-refractivity contribution in [1.82, 2.24) is 4.90 Å². The van der Waals surface area contributed by atoms with Crippen LogP contribution in [0.25, 0.3) is 0 Å². The van der Waals surface area contributed by atoms with Gasteiger partial charge in [-0.05, 0) is 44.0 Å². The van der Waals surface area contributed by atoms with Gasteiger partial charge in [-0.2, -0.15) is 0 Å². The molecular weight excluding hydrogens is 318 g/mol. The van der Waals surface area contributed by atoms with Crippen LogP contribution in [0, 0.1) is 6.92 Å². The molecule has 0 saturated carbocycles. The molecule has 0 radical (unpaired) electrons. The number of aryl methyl sites for hydroxylation is 1. The summed E-state index contributed by atoms with van der Waals surface area (Å²) in [5.41, 5.74) is 2.51. The first-order valence-corrected chi connectivity index (χ1v) is 8.27. The minimum Gasteiger partial charge on any atom is -0.462 e. The second-order valence-corrected chi connectivity index (χ2v) is 6.02. The molecule has 0 saturated heterocycles. The van der Waals surface area contributed by atoms with Crippen molar-refractivity contribution in [1.29, 1.82) is 0 Å². The molecule has 0 atom stereocenters. The number of imide groups is 1. The number of esters is 1. The van der Waals surface area contributed by atoms with Gasteiger partial charge in [-0.3, -0.25) is 14.5 Å². The number of rotatable bonds is 6. The van der Waals surface area contributed by atoms with E-state index < -0.39 is 0 Å². The third-order valence-electron chi connectivity index (χ3n) is 4.17. The summed E-state index contributed by atoms with van der Waals surface area (Å²) >= 11 is 0. The SMILES string of the molecule is Cc1ccc(C(=O)OCCCCN2C(=O)c3ccccc3C2=O)cc1. The van der Waals surface area contributed by atoms with Gasteiger partial charge in [0.05, 0.1) is 23.3 Å². The Morgan fingerprint density at radius 2 is 1.52 bits per heavy atom.